The van der Waals surface area contributed by atoms with Crippen LogP contribution in [0.1, 0.15) is 38.2 Å². The Morgan fingerprint density at radius 1 is 1.44 bits per heavy atom. The van der Waals surface area contributed by atoms with Crippen LogP contribution in [0.3, 0.4) is 0 Å². The summed E-state index contributed by atoms with van der Waals surface area (Å²) in [6, 6.07) is 7.47. The van der Waals surface area contributed by atoms with Gasteiger partial charge in [-0.3, -0.25) is 21.2 Å². The molecule has 168 valence electrons. The number of nitrogens with zero attached hydrogens (tertiary/aromatic N) is 2. The van der Waals surface area contributed by atoms with Gasteiger partial charge in [0.25, 0.3) is 0 Å². The molecule has 0 radical (unpaired) electrons. The third-order valence-electron chi connectivity index (χ3n) is 4.61. The Morgan fingerprint density at radius 2 is 2.22 bits per heavy atom. The Morgan fingerprint density at radius 3 is 2.75 bits per heavy atom. The average molecular weight is 678 g/mol. The minimum atomic E-state index is -0.297. The number of para-hydroxylation sites is 1. The molecule has 0 bridgehead atoms. The zero-order valence-electron chi connectivity index (χ0n) is 18.6. The van der Waals surface area contributed by atoms with Crippen LogP contribution in [0.5, 0.6) is 5.75 Å². The van der Waals surface area contributed by atoms with Crippen molar-refractivity contribution in [2.75, 3.05) is 19.0 Å². The molecule has 1 N–H and O–H groups in total. The van der Waals surface area contributed by atoms with E-state index in [0.717, 1.165) is 29.9 Å². The van der Waals surface area contributed by atoms with Gasteiger partial charge < -0.3 is 21.7 Å². The Kier molecular flexibility index (Phi) is 14.1. The first-order valence-electron chi connectivity index (χ1n) is 10.2. The molecule has 1 aliphatic rings. The second-order valence-corrected chi connectivity index (χ2v) is 7.44. The third kappa shape index (κ3) is 8.67. The number of aromatic nitrogens is 2. The van der Waals surface area contributed by atoms with Crippen LogP contribution >= 0.6 is 11.3 Å². The van der Waals surface area contributed by atoms with Crippen LogP contribution in [0.25, 0.3) is 5.57 Å². The summed E-state index contributed by atoms with van der Waals surface area (Å²) in [5.74, 6) is 0.371. The predicted octanol–water partition coefficient (Wildman–Crippen LogP) is 5.28. The monoisotopic (exact) mass is 677 g/mol. The molecule has 1 unspecified atom stereocenters. The number of hydrogen-bond donors (Lipinski definition) is 1. The van der Waals surface area contributed by atoms with Crippen LogP contribution in [-0.4, -0.2) is 35.9 Å². The van der Waals surface area contributed by atoms with Crippen molar-refractivity contribution in [2.45, 2.75) is 38.7 Å². The van der Waals surface area contributed by atoms with Gasteiger partial charge in [0.05, 0.1) is 12.2 Å². The molecule has 1 fully saturated rings. The summed E-state index contributed by atoms with van der Waals surface area (Å²) >= 11 is 1.13. The fourth-order valence-electron chi connectivity index (χ4n) is 3.09. The Bertz CT molecular complexity index is 892. The summed E-state index contributed by atoms with van der Waals surface area (Å²) in [7, 11) is 1.59. The van der Waals surface area contributed by atoms with Gasteiger partial charge >= 0.3 is 31.1 Å². The van der Waals surface area contributed by atoms with Crippen molar-refractivity contribution in [3.05, 3.63) is 72.6 Å². The van der Waals surface area contributed by atoms with E-state index in [2.05, 4.69) is 34.5 Å². The quantitative estimate of drug-likeness (QED) is 0.246. The number of hydrogen-bond acceptors (Lipinski definition) is 6. The first kappa shape index (κ1) is 28.3. The Hall–Kier alpha value is -1.72. The molecular formula is C24H29N3O3SU. The van der Waals surface area contributed by atoms with Gasteiger partial charge in [0.1, 0.15) is 5.75 Å². The van der Waals surface area contributed by atoms with E-state index in [1.165, 1.54) is 19.3 Å². The molecule has 1 amide bonds. The van der Waals surface area contributed by atoms with Crippen LogP contribution in [0.4, 0.5) is 5.13 Å². The number of carbonyl (C=O) groups excluding carboxylic acids is 1. The zero-order valence-corrected chi connectivity index (χ0v) is 23.6. The van der Waals surface area contributed by atoms with Crippen molar-refractivity contribution in [1.82, 2.24) is 10.2 Å². The Balaban J connectivity index is 0.000000480. The number of allylic oxidation sites excluding steroid dienone is 3. The molecular weight excluding hydrogens is 648 g/mol. The van der Waals surface area contributed by atoms with Gasteiger partial charge in [-0.05, 0) is 37.8 Å². The third-order valence-corrected chi connectivity index (χ3v) is 5.16. The minimum Gasteiger partial charge on any atom is -0.496 e. The van der Waals surface area contributed by atoms with E-state index in [9.17, 15) is 4.79 Å². The van der Waals surface area contributed by atoms with E-state index in [-0.39, 0.29) is 37.0 Å². The van der Waals surface area contributed by atoms with Gasteiger partial charge in [0, 0.05) is 23.8 Å². The average Bonchev–Trinajstić information content (AvgIpc) is 3.33. The second-order valence-electron chi connectivity index (χ2n) is 6.66. The molecule has 0 saturated carbocycles. The fraction of sp³-hybridized carbons (Fsp3) is 0.333. The SMILES string of the molecule is C=C/C(=C(\C=C/C)C(=O)Nc1nn[c-]s1)c1ccccc1OC.[CH2-]CC1CCCCO1.[U+2]. The van der Waals surface area contributed by atoms with Crippen molar-refractivity contribution in [1.29, 1.82) is 0 Å². The largest absolute Gasteiger partial charge is 2.00 e. The first-order valence-corrected chi connectivity index (χ1v) is 11.0. The molecule has 1 atom stereocenters. The van der Waals surface area contributed by atoms with Crippen molar-refractivity contribution in [2.24, 2.45) is 0 Å². The van der Waals surface area contributed by atoms with E-state index in [1.54, 1.807) is 25.3 Å². The number of nitrogens with one attached hydrogen (secondary N) is 1. The zero-order chi connectivity index (χ0) is 22.5. The molecule has 1 saturated heterocycles. The van der Waals surface area contributed by atoms with E-state index < -0.39 is 0 Å². The van der Waals surface area contributed by atoms with Crippen LogP contribution in [0.15, 0.2) is 54.6 Å². The molecule has 0 spiro atoms. The van der Waals surface area contributed by atoms with Crippen LogP contribution in [0.2, 0.25) is 0 Å². The van der Waals surface area contributed by atoms with Crippen LogP contribution in [-0.2, 0) is 9.53 Å². The molecule has 3 rings (SSSR count). The number of methoxy groups -OCH3 is 1. The molecule has 1 aliphatic heterocycles. The van der Waals surface area contributed by atoms with Gasteiger partial charge in [-0.2, -0.15) is 6.42 Å². The van der Waals surface area contributed by atoms with E-state index in [1.807, 2.05) is 31.2 Å². The molecule has 2 aromatic rings. The first-order chi connectivity index (χ1) is 15.1. The molecule has 1 aromatic carbocycles. The fourth-order valence-corrected chi connectivity index (χ4v) is 3.48. The smallest absolute Gasteiger partial charge is 0.496 e. The van der Waals surface area contributed by atoms with Gasteiger partial charge in [0.15, 0.2) is 0 Å². The van der Waals surface area contributed by atoms with Crippen molar-refractivity contribution in [3.8, 4) is 5.75 Å². The molecule has 6 nitrogen and oxygen atoms in total. The number of benzene rings is 1. The number of ether oxygens (including phenoxy) is 2. The van der Waals surface area contributed by atoms with Crippen LogP contribution < -0.4 is 10.1 Å². The molecule has 2 heterocycles. The minimum absolute atomic E-state index is 0. The van der Waals surface area contributed by atoms with Crippen molar-refractivity contribution in [3.63, 3.8) is 0 Å². The normalized spacial score (nSPS) is 16.2. The molecule has 8 heteroatoms. The molecule has 32 heavy (non-hydrogen) atoms. The van der Waals surface area contributed by atoms with Crippen LogP contribution in [0, 0.1) is 43.5 Å². The maximum Gasteiger partial charge on any atom is 2.00 e. The molecule has 1 aromatic heterocycles. The standard InChI is InChI=1S/C17H16N3O2S.C7H13O.U/c1-4-8-14(16(21)19-17-20-18-11-23-17)12(5-2)13-9-6-7-10-15(13)22-3;1-2-7-5-3-4-6-8-7;/h4-10H,2H2,1,3H3,(H,19,20,21);7H,1-6H2;/q2*-1;+2/b8-4-,14-12-;;. The van der Waals surface area contributed by atoms with E-state index in [0.29, 0.717) is 28.1 Å². The summed E-state index contributed by atoms with van der Waals surface area (Å²) in [5.41, 5.74) is 4.51. The van der Waals surface area contributed by atoms with Gasteiger partial charge in [-0.15, -0.1) is 0 Å². The van der Waals surface area contributed by atoms with Gasteiger partial charge in [-0.1, -0.05) is 48.5 Å². The topological polar surface area (TPSA) is 73.3 Å². The Labute approximate surface area is 218 Å². The molecule has 0 aliphatic carbocycles. The summed E-state index contributed by atoms with van der Waals surface area (Å²) in [6.45, 7) is 10.4. The maximum absolute atomic E-state index is 12.6. The van der Waals surface area contributed by atoms with Gasteiger partial charge in [-0.25, -0.2) is 5.10 Å². The summed E-state index contributed by atoms with van der Waals surface area (Å²) in [6.07, 6.45) is 10.4. The predicted molar refractivity (Wildman–Crippen MR) is 126 cm³/mol. The number of amides is 1. The summed E-state index contributed by atoms with van der Waals surface area (Å²) in [4.78, 5) is 12.6. The summed E-state index contributed by atoms with van der Waals surface area (Å²) in [5, 5.41) is 10.5. The summed E-state index contributed by atoms with van der Waals surface area (Å²) < 4.78 is 10.7. The van der Waals surface area contributed by atoms with Gasteiger partial charge in [0.2, 0.25) is 5.91 Å². The maximum atomic E-state index is 12.6. The second kappa shape index (κ2) is 16.0. The number of carbonyl (C=O) groups is 1. The van der Waals surface area contributed by atoms with E-state index in [4.69, 9.17) is 9.47 Å². The van der Waals surface area contributed by atoms with Crippen molar-refractivity contribution >= 4 is 27.9 Å². The van der Waals surface area contributed by atoms with E-state index >= 15 is 0 Å². The van der Waals surface area contributed by atoms with Crippen molar-refractivity contribution < 1.29 is 45.4 Å². The number of anilines is 1. The number of rotatable bonds is 7.